The molecule has 54 heavy (non-hydrogen) atoms. The van der Waals surface area contributed by atoms with Gasteiger partial charge in [-0.3, -0.25) is 0 Å². The van der Waals surface area contributed by atoms with Crippen molar-refractivity contribution in [1.82, 2.24) is 0 Å². The highest BCUT2D eigenvalue weighted by atomic mass is 15.1. The van der Waals surface area contributed by atoms with Gasteiger partial charge in [0.05, 0.1) is 0 Å². The van der Waals surface area contributed by atoms with E-state index in [4.69, 9.17) is 0 Å². The summed E-state index contributed by atoms with van der Waals surface area (Å²) in [5.74, 6) is 3.58. The van der Waals surface area contributed by atoms with Crippen LogP contribution < -0.4 is 4.90 Å². The van der Waals surface area contributed by atoms with Crippen LogP contribution >= 0.6 is 0 Å². The van der Waals surface area contributed by atoms with Crippen LogP contribution in [0.25, 0.3) is 33.0 Å². The Bertz CT molecular complexity index is 2340. The lowest BCUT2D eigenvalue weighted by Gasteiger charge is -2.57. The Balaban J connectivity index is 0.979. The fraction of sp³-hybridized carbons (Fsp3) is 0.358. The molecule has 0 aromatic heterocycles. The van der Waals surface area contributed by atoms with Crippen LogP contribution in [0.5, 0.6) is 0 Å². The van der Waals surface area contributed by atoms with Gasteiger partial charge in [0.15, 0.2) is 0 Å². The van der Waals surface area contributed by atoms with Crippen molar-refractivity contribution in [2.45, 2.75) is 101 Å². The highest BCUT2D eigenvalue weighted by Gasteiger charge is 2.51. The normalized spacial score (nSPS) is 25.1. The lowest BCUT2D eigenvalue weighted by Crippen LogP contribution is -2.48. The molecule has 5 saturated carbocycles. The number of benzene rings is 6. The standard InChI is InChI=1S/C53H53N/c1-52(2)50-25-16-43(42-13-12-39-10-6-7-11-41(39)29-42)30-49(50)48-24-23-47(31-51(48)52)54(45-19-14-40(15-20-45)38-8-4-3-5-9-38)46-21-17-44(18-22-46)53-32-35-26-36(33-53)28-37(27-35)34-53/h6-7,10-25,29-31,35-38H,3-5,8-9,26-28,32-34H2,1-2H3. The Hall–Kier alpha value is -4.62. The minimum absolute atomic E-state index is 0.0958. The molecule has 6 aromatic rings. The monoisotopic (exact) mass is 703 g/mol. The summed E-state index contributed by atoms with van der Waals surface area (Å²) < 4.78 is 0. The van der Waals surface area contributed by atoms with Gasteiger partial charge in [0, 0.05) is 22.5 Å². The molecule has 0 spiro atoms. The van der Waals surface area contributed by atoms with Gasteiger partial charge in [-0.15, -0.1) is 0 Å². The number of hydrogen-bond acceptors (Lipinski definition) is 1. The first-order valence-electron chi connectivity index (χ1n) is 21.2. The third-order valence-corrected chi connectivity index (χ3v) is 15.0. The second-order valence-corrected chi connectivity index (χ2v) is 18.7. The smallest absolute Gasteiger partial charge is 0.0465 e. The topological polar surface area (TPSA) is 3.24 Å². The van der Waals surface area contributed by atoms with Crippen molar-refractivity contribution in [3.8, 4) is 22.3 Å². The lowest BCUT2D eigenvalue weighted by molar-refractivity contribution is -0.00518. The predicted molar refractivity (Wildman–Crippen MR) is 227 cm³/mol. The van der Waals surface area contributed by atoms with Crippen molar-refractivity contribution in [1.29, 1.82) is 0 Å². The molecule has 5 fully saturated rings. The van der Waals surface area contributed by atoms with Gasteiger partial charge >= 0.3 is 0 Å². The first-order chi connectivity index (χ1) is 26.4. The number of anilines is 3. The molecule has 6 aliphatic carbocycles. The molecule has 6 aliphatic rings. The molecule has 0 heterocycles. The van der Waals surface area contributed by atoms with Gasteiger partial charge in [-0.2, -0.15) is 0 Å². The lowest BCUT2D eigenvalue weighted by atomic mass is 9.48. The zero-order valence-electron chi connectivity index (χ0n) is 32.2. The van der Waals surface area contributed by atoms with E-state index >= 15 is 0 Å². The van der Waals surface area contributed by atoms with E-state index in [9.17, 15) is 0 Å². The van der Waals surface area contributed by atoms with Crippen LogP contribution in [0.4, 0.5) is 17.1 Å². The quantitative estimate of drug-likeness (QED) is 0.167. The molecule has 0 aliphatic heterocycles. The van der Waals surface area contributed by atoms with Gasteiger partial charge in [-0.1, -0.05) is 112 Å². The number of rotatable bonds is 6. The first kappa shape index (κ1) is 32.8. The molecule has 0 unspecified atom stereocenters. The van der Waals surface area contributed by atoms with Gasteiger partial charge in [0.1, 0.15) is 0 Å². The molecule has 0 saturated heterocycles. The molecule has 6 aromatic carbocycles. The van der Waals surface area contributed by atoms with Crippen molar-refractivity contribution >= 4 is 27.8 Å². The Morgan fingerprint density at radius 2 is 1.11 bits per heavy atom. The largest absolute Gasteiger partial charge is 0.310 e. The number of hydrogen-bond donors (Lipinski definition) is 0. The average Bonchev–Trinajstić information content (AvgIpc) is 3.43. The zero-order chi connectivity index (χ0) is 36.0. The van der Waals surface area contributed by atoms with Gasteiger partial charge in [-0.05, 0) is 184 Å². The van der Waals surface area contributed by atoms with E-state index < -0.39 is 0 Å². The Kier molecular flexibility index (Phi) is 7.56. The van der Waals surface area contributed by atoms with Crippen molar-refractivity contribution in [3.05, 3.63) is 150 Å². The molecule has 1 heteroatoms. The van der Waals surface area contributed by atoms with Crippen molar-refractivity contribution in [2.24, 2.45) is 17.8 Å². The fourth-order valence-corrected chi connectivity index (χ4v) is 12.6. The minimum atomic E-state index is -0.0958. The second kappa shape index (κ2) is 12.5. The summed E-state index contributed by atoms with van der Waals surface area (Å²) >= 11 is 0. The summed E-state index contributed by atoms with van der Waals surface area (Å²) in [7, 11) is 0. The average molecular weight is 704 g/mol. The molecule has 12 rings (SSSR count). The first-order valence-corrected chi connectivity index (χ1v) is 21.2. The summed E-state index contributed by atoms with van der Waals surface area (Å²) in [5.41, 5.74) is 15.3. The van der Waals surface area contributed by atoms with Crippen molar-refractivity contribution in [3.63, 3.8) is 0 Å². The van der Waals surface area contributed by atoms with Crippen LogP contribution in [0.1, 0.15) is 113 Å². The fourth-order valence-electron chi connectivity index (χ4n) is 12.6. The van der Waals surface area contributed by atoms with E-state index in [1.807, 2.05) is 0 Å². The van der Waals surface area contributed by atoms with E-state index in [2.05, 4.69) is 146 Å². The molecular weight excluding hydrogens is 651 g/mol. The van der Waals surface area contributed by atoms with E-state index in [1.165, 1.54) is 137 Å². The van der Waals surface area contributed by atoms with E-state index in [1.54, 1.807) is 5.56 Å². The molecule has 0 atom stereocenters. The molecule has 1 nitrogen and oxygen atoms in total. The summed E-state index contributed by atoms with van der Waals surface area (Å²) in [6.45, 7) is 4.83. The zero-order valence-corrected chi connectivity index (χ0v) is 32.2. The maximum atomic E-state index is 2.54. The van der Waals surface area contributed by atoms with Crippen LogP contribution in [-0.2, 0) is 10.8 Å². The highest BCUT2D eigenvalue weighted by Crippen LogP contribution is 2.61. The SMILES string of the molecule is CC1(C)c2ccc(-c3ccc4ccccc4c3)cc2-c2ccc(N(c3ccc(C4CCCCC4)cc3)c3ccc(C45CC6CC(CC(C6)C4)C5)cc3)cc21. The third kappa shape index (κ3) is 5.32. The molecule has 0 radical (unpaired) electrons. The van der Waals surface area contributed by atoms with Crippen LogP contribution in [-0.4, -0.2) is 0 Å². The van der Waals surface area contributed by atoms with Gasteiger partial charge in [0.2, 0.25) is 0 Å². The molecule has 0 amide bonds. The van der Waals surface area contributed by atoms with Crippen LogP contribution in [0.3, 0.4) is 0 Å². The molecule has 0 N–H and O–H groups in total. The summed E-state index contributed by atoms with van der Waals surface area (Å²) in [5, 5.41) is 2.58. The minimum Gasteiger partial charge on any atom is -0.310 e. The Morgan fingerprint density at radius 3 is 1.81 bits per heavy atom. The van der Waals surface area contributed by atoms with Crippen LogP contribution in [0.15, 0.2) is 127 Å². The maximum Gasteiger partial charge on any atom is 0.0465 e. The van der Waals surface area contributed by atoms with E-state index in [0.29, 0.717) is 11.3 Å². The van der Waals surface area contributed by atoms with Crippen molar-refractivity contribution < 1.29 is 0 Å². The van der Waals surface area contributed by atoms with E-state index in [-0.39, 0.29) is 5.41 Å². The van der Waals surface area contributed by atoms with Crippen LogP contribution in [0.2, 0.25) is 0 Å². The summed E-state index contributed by atoms with van der Waals surface area (Å²) in [6, 6.07) is 49.6. The van der Waals surface area contributed by atoms with Gasteiger partial charge in [0.25, 0.3) is 0 Å². The molecule has 4 bridgehead atoms. The van der Waals surface area contributed by atoms with Gasteiger partial charge in [-0.25, -0.2) is 0 Å². The predicted octanol–water partition coefficient (Wildman–Crippen LogP) is 14.8. The summed E-state index contributed by atoms with van der Waals surface area (Å²) in [6.07, 6.45) is 15.5. The second-order valence-electron chi connectivity index (χ2n) is 18.7. The third-order valence-electron chi connectivity index (χ3n) is 15.0. The number of nitrogens with zero attached hydrogens (tertiary/aromatic N) is 1. The van der Waals surface area contributed by atoms with Gasteiger partial charge < -0.3 is 4.90 Å². The number of fused-ring (bicyclic) bond motifs is 4. The highest BCUT2D eigenvalue weighted by molar-refractivity contribution is 5.91. The molecular formula is C53H53N. The molecule has 270 valence electrons. The van der Waals surface area contributed by atoms with Crippen molar-refractivity contribution in [2.75, 3.05) is 4.90 Å². The van der Waals surface area contributed by atoms with Crippen LogP contribution in [0, 0.1) is 17.8 Å². The Morgan fingerprint density at radius 1 is 0.500 bits per heavy atom. The van der Waals surface area contributed by atoms with E-state index in [0.717, 1.165) is 17.8 Å². The maximum absolute atomic E-state index is 2.54. The summed E-state index contributed by atoms with van der Waals surface area (Å²) in [4.78, 5) is 2.54. The Labute approximate surface area is 322 Å².